The highest BCUT2D eigenvalue weighted by Gasteiger charge is 2.25. The smallest absolute Gasteiger partial charge is 0.252 e. The van der Waals surface area contributed by atoms with Gasteiger partial charge in [-0.1, -0.05) is 30.3 Å². The highest BCUT2D eigenvalue weighted by atomic mass is 127. The van der Waals surface area contributed by atoms with Crippen LogP contribution in [0.5, 0.6) is 11.5 Å². The predicted molar refractivity (Wildman–Crippen MR) is 111 cm³/mol. The van der Waals surface area contributed by atoms with E-state index in [1.54, 1.807) is 20.3 Å². The molecule has 4 nitrogen and oxygen atoms in total. The molecule has 2 aromatic carbocycles. The first-order valence-corrected chi connectivity index (χ1v) is 9.97. The molecule has 0 aliphatic heterocycles. The zero-order valence-corrected chi connectivity index (χ0v) is 17.3. The van der Waals surface area contributed by atoms with Crippen molar-refractivity contribution in [2.45, 2.75) is 37.6 Å². The molecule has 3 rings (SSSR count). The Kier molecular flexibility index (Phi) is 6.40. The number of nitrogens with one attached hydrogen (secondary N) is 1. The first kappa shape index (κ1) is 19.0. The van der Waals surface area contributed by atoms with Crippen LogP contribution in [0.25, 0.3) is 0 Å². The highest BCUT2D eigenvalue weighted by Crippen LogP contribution is 2.34. The summed E-state index contributed by atoms with van der Waals surface area (Å²) in [5.74, 6) is 1.77. The zero-order chi connectivity index (χ0) is 18.5. The van der Waals surface area contributed by atoms with Crippen LogP contribution in [-0.4, -0.2) is 26.2 Å². The molecule has 138 valence electrons. The molecular weight excluding hydrogens is 441 g/mol. The van der Waals surface area contributed by atoms with Crippen molar-refractivity contribution in [2.24, 2.45) is 0 Å². The van der Waals surface area contributed by atoms with Crippen molar-refractivity contribution >= 4 is 28.5 Å². The number of methoxy groups -OCH3 is 2. The standard InChI is InChI=1S/C21H24INO3/c1-25-19-12-17(18(22)13-20(19)26-2)21(24)23-16-10-8-15(9-11-16)14-6-4-3-5-7-14/h3-7,12-13,15-16H,8-11H2,1-2H3,(H,23,24). The molecule has 5 heteroatoms. The molecule has 26 heavy (non-hydrogen) atoms. The molecule has 0 bridgehead atoms. The van der Waals surface area contributed by atoms with Crippen molar-refractivity contribution in [2.75, 3.05) is 14.2 Å². The molecule has 1 aliphatic rings. The molecule has 2 aromatic rings. The van der Waals surface area contributed by atoms with Crippen LogP contribution in [0.2, 0.25) is 0 Å². The van der Waals surface area contributed by atoms with Crippen LogP contribution in [0.1, 0.15) is 47.5 Å². The Bertz CT molecular complexity index is 755. The van der Waals surface area contributed by atoms with Gasteiger partial charge < -0.3 is 14.8 Å². The quantitative estimate of drug-likeness (QED) is 0.648. The van der Waals surface area contributed by atoms with E-state index < -0.39 is 0 Å². The van der Waals surface area contributed by atoms with Crippen LogP contribution >= 0.6 is 22.6 Å². The monoisotopic (exact) mass is 465 g/mol. The largest absolute Gasteiger partial charge is 0.493 e. The Balaban J connectivity index is 1.63. The normalized spacial score (nSPS) is 19.7. The van der Waals surface area contributed by atoms with Crippen LogP contribution in [0, 0.1) is 3.57 Å². The van der Waals surface area contributed by atoms with Gasteiger partial charge in [-0.05, 0) is 71.9 Å². The van der Waals surface area contributed by atoms with Gasteiger partial charge in [0, 0.05) is 9.61 Å². The Hall–Kier alpha value is -1.76. The molecular formula is C21H24INO3. The van der Waals surface area contributed by atoms with Crippen molar-refractivity contribution < 1.29 is 14.3 Å². The molecule has 1 N–H and O–H groups in total. The number of amides is 1. The summed E-state index contributed by atoms with van der Waals surface area (Å²) in [5.41, 5.74) is 2.04. The number of carbonyl (C=O) groups excluding carboxylic acids is 1. The van der Waals surface area contributed by atoms with Gasteiger partial charge in [0.05, 0.1) is 19.8 Å². The lowest BCUT2D eigenvalue weighted by atomic mass is 9.82. The van der Waals surface area contributed by atoms with Gasteiger partial charge >= 0.3 is 0 Å². The van der Waals surface area contributed by atoms with Gasteiger partial charge in [-0.25, -0.2) is 0 Å². The van der Waals surface area contributed by atoms with Gasteiger partial charge in [0.1, 0.15) is 0 Å². The summed E-state index contributed by atoms with van der Waals surface area (Å²) in [6.45, 7) is 0. The lowest BCUT2D eigenvalue weighted by Gasteiger charge is -2.29. The molecule has 1 fully saturated rings. The first-order chi connectivity index (χ1) is 12.6. The van der Waals surface area contributed by atoms with Gasteiger partial charge in [0.15, 0.2) is 11.5 Å². The van der Waals surface area contributed by atoms with E-state index >= 15 is 0 Å². The van der Waals surface area contributed by atoms with E-state index in [2.05, 4.69) is 58.2 Å². The summed E-state index contributed by atoms with van der Waals surface area (Å²) in [6.07, 6.45) is 4.24. The zero-order valence-electron chi connectivity index (χ0n) is 15.1. The third-order valence-corrected chi connectivity index (χ3v) is 5.94. The molecule has 1 saturated carbocycles. The van der Waals surface area contributed by atoms with E-state index in [1.807, 2.05) is 6.07 Å². The number of carbonyl (C=O) groups is 1. The average Bonchev–Trinajstić information content (AvgIpc) is 2.68. The molecule has 0 radical (unpaired) electrons. The van der Waals surface area contributed by atoms with Gasteiger partial charge in [-0.15, -0.1) is 0 Å². The summed E-state index contributed by atoms with van der Waals surface area (Å²) < 4.78 is 11.5. The lowest BCUT2D eigenvalue weighted by molar-refractivity contribution is 0.0924. The minimum absolute atomic E-state index is 0.0430. The van der Waals surface area contributed by atoms with E-state index in [4.69, 9.17) is 9.47 Å². The third kappa shape index (κ3) is 4.31. The second-order valence-electron chi connectivity index (χ2n) is 6.62. The molecule has 0 spiro atoms. The van der Waals surface area contributed by atoms with Gasteiger partial charge in [-0.2, -0.15) is 0 Å². The molecule has 0 heterocycles. The number of ether oxygens (including phenoxy) is 2. The van der Waals surface area contributed by atoms with E-state index in [0.717, 1.165) is 29.3 Å². The number of benzene rings is 2. The highest BCUT2D eigenvalue weighted by molar-refractivity contribution is 14.1. The second kappa shape index (κ2) is 8.75. The van der Waals surface area contributed by atoms with E-state index in [9.17, 15) is 4.79 Å². The van der Waals surface area contributed by atoms with Crippen LogP contribution in [0.15, 0.2) is 42.5 Å². The SMILES string of the molecule is COc1cc(I)c(C(=O)NC2CCC(c3ccccc3)CC2)cc1OC. The van der Waals surface area contributed by atoms with Crippen molar-refractivity contribution in [1.29, 1.82) is 0 Å². The number of hydrogen-bond acceptors (Lipinski definition) is 3. The van der Waals surface area contributed by atoms with Crippen LogP contribution in [-0.2, 0) is 0 Å². The predicted octanol–water partition coefficient (Wildman–Crippen LogP) is 4.76. The summed E-state index contributed by atoms with van der Waals surface area (Å²) in [4.78, 5) is 12.7. The summed E-state index contributed by atoms with van der Waals surface area (Å²) in [7, 11) is 3.18. The summed E-state index contributed by atoms with van der Waals surface area (Å²) in [6, 6.07) is 14.5. The van der Waals surface area contributed by atoms with Gasteiger partial charge in [-0.3, -0.25) is 4.79 Å². The van der Waals surface area contributed by atoms with E-state index in [1.165, 1.54) is 5.56 Å². The van der Waals surface area contributed by atoms with Crippen molar-refractivity contribution in [3.05, 3.63) is 57.2 Å². The molecule has 1 amide bonds. The Morgan fingerprint density at radius 3 is 2.23 bits per heavy atom. The van der Waals surface area contributed by atoms with Crippen LogP contribution in [0.4, 0.5) is 0 Å². The van der Waals surface area contributed by atoms with Gasteiger partial charge in [0.25, 0.3) is 5.91 Å². The van der Waals surface area contributed by atoms with E-state index in [-0.39, 0.29) is 11.9 Å². The fourth-order valence-corrected chi connectivity index (χ4v) is 4.27. The fourth-order valence-electron chi connectivity index (χ4n) is 3.59. The minimum Gasteiger partial charge on any atom is -0.493 e. The Morgan fingerprint density at radius 1 is 1.00 bits per heavy atom. The molecule has 0 atom stereocenters. The Labute approximate surface area is 168 Å². The topological polar surface area (TPSA) is 47.6 Å². The average molecular weight is 465 g/mol. The van der Waals surface area contributed by atoms with Crippen LogP contribution in [0.3, 0.4) is 0 Å². The molecule has 1 aliphatic carbocycles. The third-order valence-electron chi connectivity index (χ3n) is 5.05. The summed E-state index contributed by atoms with van der Waals surface area (Å²) >= 11 is 2.17. The van der Waals surface area contributed by atoms with Gasteiger partial charge in [0.2, 0.25) is 0 Å². The minimum atomic E-state index is -0.0430. The van der Waals surface area contributed by atoms with Crippen molar-refractivity contribution in [3.63, 3.8) is 0 Å². The van der Waals surface area contributed by atoms with E-state index in [0.29, 0.717) is 23.0 Å². The Morgan fingerprint density at radius 2 is 1.62 bits per heavy atom. The number of rotatable bonds is 5. The lowest BCUT2D eigenvalue weighted by Crippen LogP contribution is -2.37. The first-order valence-electron chi connectivity index (χ1n) is 8.89. The van der Waals surface area contributed by atoms with Crippen molar-refractivity contribution in [1.82, 2.24) is 5.32 Å². The maximum absolute atomic E-state index is 12.7. The number of hydrogen-bond donors (Lipinski definition) is 1. The molecule has 0 saturated heterocycles. The second-order valence-corrected chi connectivity index (χ2v) is 7.78. The fraction of sp³-hybridized carbons (Fsp3) is 0.381. The maximum Gasteiger partial charge on any atom is 0.252 e. The maximum atomic E-state index is 12.7. The number of halogens is 1. The van der Waals surface area contributed by atoms with Crippen LogP contribution < -0.4 is 14.8 Å². The molecule has 0 unspecified atom stereocenters. The van der Waals surface area contributed by atoms with Crippen molar-refractivity contribution in [3.8, 4) is 11.5 Å². The molecule has 0 aromatic heterocycles. The summed E-state index contributed by atoms with van der Waals surface area (Å²) in [5, 5.41) is 3.20.